The van der Waals surface area contributed by atoms with Crippen LogP contribution in [0.5, 0.6) is 0 Å². The predicted molar refractivity (Wildman–Crippen MR) is 96.0 cm³/mol. The smallest absolute Gasteiger partial charge is 0.282 e. The SMILES string of the molecule is CC(C)c1cc(S(=O)(=O)O)c2c(C(C)C)ccc(C(C)C)c2c1. The van der Waals surface area contributed by atoms with Gasteiger partial charge in [-0.15, -0.1) is 0 Å². The Morgan fingerprint density at radius 1 is 0.826 bits per heavy atom. The number of hydrogen-bond donors (Lipinski definition) is 1. The zero-order valence-corrected chi connectivity index (χ0v) is 15.5. The highest BCUT2D eigenvalue weighted by molar-refractivity contribution is 7.86. The van der Waals surface area contributed by atoms with Crippen LogP contribution in [0.15, 0.2) is 29.2 Å². The van der Waals surface area contributed by atoms with Crippen molar-refractivity contribution in [2.45, 2.75) is 64.2 Å². The number of rotatable bonds is 4. The van der Waals surface area contributed by atoms with E-state index in [9.17, 15) is 13.0 Å². The van der Waals surface area contributed by atoms with Crippen molar-refractivity contribution in [2.75, 3.05) is 0 Å². The molecular weight excluding hydrogens is 308 g/mol. The molecule has 3 nitrogen and oxygen atoms in total. The second kappa shape index (κ2) is 6.25. The van der Waals surface area contributed by atoms with Crippen molar-refractivity contribution < 1.29 is 13.0 Å². The normalized spacial score (nSPS) is 12.8. The van der Waals surface area contributed by atoms with Crippen LogP contribution in [0.3, 0.4) is 0 Å². The van der Waals surface area contributed by atoms with Crippen LogP contribution in [-0.2, 0) is 10.1 Å². The van der Waals surface area contributed by atoms with Gasteiger partial charge in [-0.25, -0.2) is 0 Å². The van der Waals surface area contributed by atoms with Crippen LogP contribution in [-0.4, -0.2) is 13.0 Å². The predicted octanol–water partition coefficient (Wildman–Crippen LogP) is 5.46. The van der Waals surface area contributed by atoms with Crippen molar-refractivity contribution in [1.29, 1.82) is 0 Å². The lowest BCUT2D eigenvalue weighted by molar-refractivity contribution is 0.484. The maximum atomic E-state index is 12.0. The monoisotopic (exact) mass is 334 g/mol. The average molecular weight is 334 g/mol. The summed E-state index contributed by atoms with van der Waals surface area (Å²) < 4.78 is 33.9. The fourth-order valence-electron chi connectivity index (χ4n) is 3.04. The van der Waals surface area contributed by atoms with Gasteiger partial charge in [-0.1, -0.05) is 59.7 Å². The third-order valence-corrected chi connectivity index (χ3v) is 5.23. The molecule has 2 aromatic carbocycles. The molecule has 0 aliphatic rings. The van der Waals surface area contributed by atoms with Crippen molar-refractivity contribution in [3.05, 3.63) is 41.0 Å². The van der Waals surface area contributed by atoms with Gasteiger partial charge in [0.05, 0.1) is 0 Å². The van der Waals surface area contributed by atoms with Crippen molar-refractivity contribution in [2.24, 2.45) is 0 Å². The Morgan fingerprint density at radius 2 is 1.35 bits per heavy atom. The number of hydrogen-bond acceptors (Lipinski definition) is 2. The van der Waals surface area contributed by atoms with Gasteiger partial charge in [-0.3, -0.25) is 4.55 Å². The molecule has 126 valence electrons. The van der Waals surface area contributed by atoms with E-state index >= 15 is 0 Å². The minimum Gasteiger partial charge on any atom is -0.282 e. The fraction of sp³-hybridized carbons (Fsp3) is 0.474. The average Bonchev–Trinajstić information content (AvgIpc) is 2.43. The van der Waals surface area contributed by atoms with Gasteiger partial charge in [0.15, 0.2) is 0 Å². The summed E-state index contributed by atoms with van der Waals surface area (Å²) in [5.41, 5.74) is 2.98. The van der Waals surface area contributed by atoms with Crippen LogP contribution in [0.1, 0.15) is 76.0 Å². The van der Waals surface area contributed by atoms with Gasteiger partial charge in [0.1, 0.15) is 4.90 Å². The Hall–Kier alpha value is -1.39. The van der Waals surface area contributed by atoms with Crippen LogP contribution in [0, 0.1) is 0 Å². The summed E-state index contributed by atoms with van der Waals surface area (Å²) >= 11 is 0. The van der Waals surface area contributed by atoms with Crippen molar-refractivity contribution in [1.82, 2.24) is 0 Å². The summed E-state index contributed by atoms with van der Waals surface area (Å²) in [6.45, 7) is 12.3. The van der Waals surface area contributed by atoms with E-state index in [1.807, 2.05) is 33.8 Å². The summed E-state index contributed by atoms with van der Waals surface area (Å²) in [5, 5.41) is 1.60. The molecule has 0 unspecified atom stereocenters. The first-order valence-corrected chi connectivity index (χ1v) is 9.56. The van der Waals surface area contributed by atoms with E-state index in [4.69, 9.17) is 0 Å². The lowest BCUT2D eigenvalue weighted by Gasteiger charge is -2.20. The standard InChI is InChI=1S/C19H26O3S/c1-11(2)14-9-17-15(12(3)4)7-8-16(13(5)6)19(17)18(10-14)23(20,21)22/h7-13H,1-6H3,(H,20,21,22). The van der Waals surface area contributed by atoms with E-state index in [1.165, 1.54) is 0 Å². The van der Waals surface area contributed by atoms with Crippen LogP contribution in [0.4, 0.5) is 0 Å². The molecule has 0 saturated heterocycles. The zero-order valence-electron chi connectivity index (χ0n) is 14.7. The van der Waals surface area contributed by atoms with Gasteiger partial charge in [-0.2, -0.15) is 8.42 Å². The highest BCUT2D eigenvalue weighted by atomic mass is 32.2. The molecule has 0 saturated carbocycles. The van der Waals surface area contributed by atoms with E-state index < -0.39 is 10.1 Å². The molecule has 0 aliphatic heterocycles. The lowest BCUT2D eigenvalue weighted by Crippen LogP contribution is -2.06. The molecular formula is C19H26O3S. The summed E-state index contributed by atoms with van der Waals surface area (Å²) in [6.07, 6.45) is 0. The molecule has 0 bridgehead atoms. The molecule has 4 heteroatoms. The summed E-state index contributed by atoms with van der Waals surface area (Å²) in [4.78, 5) is 0.0323. The second-order valence-electron chi connectivity index (χ2n) is 7.12. The maximum absolute atomic E-state index is 12.0. The molecule has 0 fully saturated rings. The Bertz CT molecular complexity index is 831. The molecule has 23 heavy (non-hydrogen) atoms. The highest BCUT2D eigenvalue weighted by Crippen LogP contribution is 2.37. The van der Waals surface area contributed by atoms with Gasteiger partial charge >= 0.3 is 0 Å². The molecule has 0 spiro atoms. The van der Waals surface area contributed by atoms with Gasteiger partial charge in [0.25, 0.3) is 10.1 Å². The highest BCUT2D eigenvalue weighted by Gasteiger charge is 2.22. The number of fused-ring (bicyclic) bond motifs is 1. The van der Waals surface area contributed by atoms with Crippen molar-refractivity contribution >= 4 is 20.9 Å². The summed E-state index contributed by atoms with van der Waals surface area (Å²) in [7, 11) is -4.28. The summed E-state index contributed by atoms with van der Waals surface area (Å²) in [5.74, 6) is 0.627. The van der Waals surface area contributed by atoms with Crippen LogP contribution in [0.2, 0.25) is 0 Å². The molecule has 0 aliphatic carbocycles. The topological polar surface area (TPSA) is 54.4 Å². The van der Waals surface area contributed by atoms with Crippen molar-refractivity contribution in [3.8, 4) is 0 Å². The first kappa shape index (κ1) is 18.0. The van der Waals surface area contributed by atoms with E-state index in [0.29, 0.717) is 5.39 Å². The molecule has 0 atom stereocenters. The fourth-order valence-corrected chi connectivity index (χ4v) is 3.81. The van der Waals surface area contributed by atoms with Gasteiger partial charge in [0, 0.05) is 5.39 Å². The van der Waals surface area contributed by atoms with E-state index in [2.05, 4.69) is 26.0 Å². The Balaban J connectivity index is 3.09. The second-order valence-corrected chi connectivity index (χ2v) is 8.51. The molecule has 0 radical (unpaired) electrons. The van der Waals surface area contributed by atoms with Gasteiger partial charge in [0.2, 0.25) is 0 Å². The van der Waals surface area contributed by atoms with E-state index in [-0.39, 0.29) is 22.6 Å². The molecule has 1 N–H and O–H groups in total. The van der Waals surface area contributed by atoms with Crippen LogP contribution < -0.4 is 0 Å². The Morgan fingerprint density at radius 3 is 1.78 bits per heavy atom. The molecule has 0 aromatic heterocycles. The maximum Gasteiger partial charge on any atom is 0.295 e. The Kier molecular flexibility index (Phi) is 4.88. The molecule has 0 heterocycles. The van der Waals surface area contributed by atoms with E-state index in [1.54, 1.807) is 6.07 Å². The first-order valence-electron chi connectivity index (χ1n) is 8.12. The van der Waals surface area contributed by atoms with Crippen LogP contribution >= 0.6 is 0 Å². The largest absolute Gasteiger partial charge is 0.295 e. The third kappa shape index (κ3) is 3.43. The van der Waals surface area contributed by atoms with Crippen LogP contribution in [0.25, 0.3) is 10.8 Å². The molecule has 2 aromatic rings. The van der Waals surface area contributed by atoms with E-state index in [0.717, 1.165) is 22.1 Å². The minimum atomic E-state index is -4.28. The number of benzene rings is 2. The zero-order chi connectivity index (χ0) is 17.5. The van der Waals surface area contributed by atoms with Crippen molar-refractivity contribution in [3.63, 3.8) is 0 Å². The minimum absolute atomic E-state index is 0.0323. The summed E-state index contributed by atoms with van der Waals surface area (Å²) in [6, 6.07) is 7.78. The quantitative estimate of drug-likeness (QED) is 0.756. The Labute approximate surface area is 139 Å². The lowest BCUT2D eigenvalue weighted by atomic mass is 9.87. The third-order valence-electron chi connectivity index (χ3n) is 4.36. The molecule has 2 rings (SSSR count). The van der Waals surface area contributed by atoms with Gasteiger partial charge < -0.3 is 0 Å². The van der Waals surface area contributed by atoms with Gasteiger partial charge in [-0.05, 0) is 45.9 Å². The first-order chi connectivity index (χ1) is 10.5. The molecule has 0 amide bonds.